The van der Waals surface area contributed by atoms with Gasteiger partial charge in [-0.2, -0.15) is 0 Å². The Hall–Kier alpha value is -2.86. The Kier molecular flexibility index (Phi) is 6.54. The molecule has 130 valence electrons. The van der Waals surface area contributed by atoms with Gasteiger partial charge < -0.3 is 15.4 Å². The van der Waals surface area contributed by atoms with E-state index in [1.54, 1.807) is 48.5 Å². The summed E-state index contributed by atoms with van der Waals surface area (Å²) in [7, 11) is 0. The van der Waals surface area contributed by atoms with Gasteiger partial charge in [0.25, 0.3) is 5.91 Å². The van der Waals surface area contributed by atoms with Crippen LogP contribution >= 0.6 is 11.6 Å². The van der Waals surface area contributed by atoms with Crippen LogP contribution in [0.15, 0.2) is 48.5 Å². The molecule has 0 aliphatic rings. The molecule has 0 aliphatic heterocycles. The van der Waals surface area contributed by atoms with Crippen LogP contribution < -0.4 is 10.6 Å². The molecule has 7 heteroatoms. The molecule has 2 N–H and O–H groups in total. The van der Waals surface area contributed by atoms with E-state index < -0.39 is 18.5 Å². The molecule has 6 nitrogen and oxygen atoms in total. The van der Waals surface area contributed by atoms with Crippen LogP contribution in [0.5, 0.6) is 0 Å². The smallest absolute Gasteiger partial charge is 0.338 e. The molecule has 2 amide bonds. The molecular formula is C18H17ClN2O4. The highest BCUT2D eigenvalue weighted by atomic mass is 35.5. The van der Waals surface area contributed by atoms with Crippen molar-refractivity contribution in [2.45, 2.75) is 13.5 Å². The summed E-state index contributed by atoms with van der Waals surface area (Å²) in [6.07, 6.45) is 0. The van der Waals surface area contributed by atoms with Gasteiger partial charge >= 0.3 is 5.97 Å². The van der Waals surface area contributed by atoms with Crippen LogP contribution in [0.25, 0.3) is 0 Å². The van der Waals surface area contributed by atoms with Crippen LogP contribution in [0.3, 0.4) is 0 Å². The minimum atomic E-state index is -0.611. The van der Waals surface area contributed by atoms with Gasteiger partial charge in [0.15, 0.2) is 6.61 Å². The van der Waals surface area contributed by atoms with Gasteiger partial charge in [-0.1, -0.05) is 35.9 Å². The zero-order valence-electron chi connectivity index (χ0n) is 13.5. The first-order valence-corrected chi connectivity index (χ1v) is 7.88. The summed E-state index contributed by atoms with van der Waals surface area (Å²) in [5, 5.41) is 5.62. The van der Waals surface area contributed by atoms with Gasteiger partial charge in [0.1, 0.15) is 0 Å². The van der Waals surface area contributed by atoms with Gasteiger partial charge in [0, 0.05) is 13.5 Å². The highest BCUT2D eigenvalue weighted by Gasteiger charge is 2.11. The Morgan fingerprint density at radius 3 is 2.36 bits per heavy atom. The summed E-state index contributed by atoms with van der Waals surface area (Å²) >= 11 is 5.94. The van der Waals surface area contributed by atoms with Gasteiger partial charge in [-0.25, -0.2) is 4.79 Å². The molecule has 2 aromatic rings. The summed E-state index contributed by atoms with van der Waals surface area (Å²) < 4.78 is 4.98. The summed E-state index contributed by atoms with van der Waals surface area (Å²) in [4.78, 5) is 34.6. The number of carbonyl (C=O) groups excluding carboxylic acids is 3. The SMILES string of the molecule is CC(=O)NCc1ccc(C(=O)OCC(=O)Nc2ccccc2Cl)cc1. The molecule has 0 fully saturated rings. The molecule has 0 aliphatic carbocycles. The Morgan fingerprint density at radius 1 is 1.04 bits per heavy atom. The van der Waals surface area contributed by atoms with Crippen molar-refractivity contribution in [1.29, 1.82) is 0 Å². The van der Waals surface area contributed by atoms with Crippen LogP contribution in [0.1, 0.15) is 22.8 Å². The van der Waals surface area contributed by atoms with E-state index in [0.717, 1.165) is 5.56 Å². The largest absolute Gasteiger partial charge is 0.452 e. The van der Waals surface area contributed by atoms with Crippen LogP contribution in [0, 0.1) is 0 Å². The van der Waals surface area contributed by atoms with Crippen molar-refractivity contribution in [2.75, 3.05) is 11.9 Å². The van der Waals surface area contributed by atoms with Gasteiger partial charge in [-0.15, -0.1) is 0 Å². The summed E-state index contributed by atoms with van der Waals surface area (Å²) in [6, 6.07) is 13.3. The zero-order chi connectivity index (χ0) is 18.2. The molecule has 0 spiro atoms. The van der Waals surface area contributed by atoms with E-state index >= 15 is 0 Å². The predicted molar refractivity (Wildman–Crippen MR) is 94.3 cm³/mol. The third-order valence-corrected chi connectivity index (χ3v) is 3.54. The van der Waals surface area contributed by atoms with Gasteiger partial charge in [0.05, 0.1) is 16.3 Å². The Labute approximate surface area is 150 Å². The molecule has 2 rings (SSSR count). The maximum atomic E-state index is 11.9. The molecule has 2 aromatic carbocycles. The zero-order valence-corrected chi connectivity index (χ0v) is 14.3. The second-order valence-electron chi connectivity index (χ2n) is 5.21. The number of para-hydroxylation sites is 1. The first-order chi connectivity index (χ1) is 12.0. The van der Waals surface area contributed by atoms with Crippen molar-refractivity contribution < 1.29 is 19.1 Å². The lowest BCUT2D eigenvalue weighted by atomic mass is 10.1. The van der Waals surface area contributed by atoms with Gasteiger partial charge in [0.2, 0.25) is 5.91 Å². The van der Waals surface area contributed by atoms with Crippen molar-refractivity contribution in [3.63, 3.8) is 0 Å². The lowest BCUT2D eigenvalue weighted by Gasteiger charge is -2.08. The van der Waals surface area contributed by atoms with Gasteiger partial charge in [-0.3, -0.25) is 9.59 Å². The van der Waals surface area contributed by atoms with Crippen LogP contribution in [0.2, 0.25) is 5.02 Å². The maximum absolute atomic E-state index is 11.9. The van der Waals surface area contributed by atoms with E-state index in [-0.39, 0.29) is 5.91 Å². The van der Waals surface area contributed by atoms with E-state index in [1.807, 2.05) is 0 Å². The van der Waals surface area contributed by atoms with Crippen molar-refractivity contribution in [2.24, 2.45) is 0 Å². The molecule has 0 unspecified atom stereocenters. The first kappa shape index (κ1) is 18.5. The number of esters is 1. The van der Waals surface area contributed by atoms with Gasteiger partial charge in [-0.05, 0) is 29.8 Å². The Morgan fingerprint density at radius 2 is 1.72 bits per heavy atom. The van der Waals surface area contributed by atoms with E-state index in [2.05, 4.69) is 10.6 Å². The lowest BCUT2D eigenvalue weighted by molar-refractivity contribution is -0.119. The molecule has 0 saturated heterocycles. The third kappa shape index (κ3) is 5.93. The van der Waals surface area contributed by atoms with Crippen molar-refractivity contribution in [3.05, 3.63) is 64.7 Å². The van der Waals surface area contributed by atoms with Crippen molar-refractivity contribution >= 4 is 35.1 Å². The highest BCUT2D eigenvalue weighted by molar-refractivity contribution is 6.33. The summed E-state index contributed by atoms with van der Waals surface area (Å²) in [6.45, 7) is 1.39. The standard InChI is InChI=1S/C18H17ClN2O4/c1-12(22)20-10-13-6-8-14(9-7-13)18(24)25-11-17(23)21-16-5-3-2-4-15(16)19/h2-9H,10-11H2,1H3,(H,20,22)(H,21,23). The number of hydrogen-bond acceptors (Lipinski definition) is 4. The number of ether oxygens (including phenoxy) is 1. The summed E-state index contributed by atoms with van der Waals surface area (Å²) in [5.41, 5.74) is 1.62. The van der Waals surface area contributed by atoms with E-state index in [9.17, 15) is 14.4 Å². The Balaban J connectivity index is 1.84. The first-order valence-electron chi connectivity index (χ1n) is 7.50. The van der Waals surface area contributed by atoms with Crippen LogP contribution in [-0.2, 0) is 20.9 Å². The minimum absolute atomic E-state index is 0.131. The maximum Gasteiger partial charge on any atom is 0.338 e. The number of rotatable bonds is 6. The quantitative estimate of drug-likeness (QED) is 0.776. The number of anilines is 1. The molecule has 0 atom stereocenters. The average Bonchev–Trinajstić information content (AvgIpc) is 2.60. The van der Waals surface area contributed by atoms with Crippen molar-refractivity contribution in [1.82, 2.24) is 5.32 Å². The van der Waals surface area contributed by atoms with E-state index in [0.29, 0.717) is 22.8 Å². The van der Waals surface area contributed by atoms with E-state index in [1.165, 1.54) is 6.92 Å². The number of hydrogen-bond donors (Lipinski definition) is 2. The second-order valence-corrected chi connectivity index (χ2v) is 5.62. The monoisotopic (exact) mass is 360 g/mol. The van der Waals surface area contributed by atoms with Crippen molar-refractivity contribution in [3.8, 4) is 0 Å². The van der Waals surface area contributed by atoms with Crippen LogP contribution in [-0.4, -0.2) is 24.4 Å². The topological polar surface area (TPSA) is 84.5 Å². The normalized spacial score (nSPS) is 10.0. The second kappa shape index (κ2) is 8.84. The number of carbonyl (C=O) groups is 3. The number of halogens is 1. The molecule has 0 heterocycles. The number of benzene rings is 2. The molecule has 0 aromatic heterocycles. The fourth-order valence-electron chi connectivity index (χ4n) is 1.95. The average molecular weight is 361 g/mol. The highest BCUT2D eigenvalue weighted by Crippen LogP contribution is 2.20. The number of nitrogens with one attached hydrogen (secondary N) is 2. The molecule has 25 heavy (non-hydrogen) atoms. The molecule has 0 radical (unpaired) electrons. The lowest BCUT2D eigenvalue weighted by Crippen LogP contribution is -2.21. The third-order valence-electron chi connectivity index (χ3n) is 3.21. The fraction of sp³-hybridized carbons (Fsp3) is 0.167. The number of amides is 2. The van der Waals surface area contributed by atoms with E-state index in [4.69, 9.17) is 16.3 Å². The molecule has 0 saturated carbocycles. The van der Waals surface area contributed by atoms with Crippen LogP contribution in [0.4, 0.5) is 5.69 Å². The summed E-state index contributed by atoms with van der Waals surface area (Å²) in [5.74, 6) is -1.22. The Bertz CT molecular complexity index is 775. The fourth-order valence-corrected chi connectivity index (χ4v) is 2.13. The molecule has 0 bridgehead atoms. The predicted octanol–water partition coefficient (Wildman–Crippen LogP) is 2.77. The molecular weight excluding hydrogens is 344 g/mol. The minimum Gasteiger partial charge on any atom is -0.452 e.